The van der Waals surface area contributed by atoms with Crippen molar-refractivity contribution in [3.8, 4) is 0 Å². The summed E-state index contributed by atoms with van der Waals surface area (Å²) in [5.74, 6) is 0. The summed E-state index contributed by atoms with van der Waals surface area (Å²) in [6, 6.07) is 5.97. The van der Waals surface area contributed by atoms with Gasteiger partial charge in [-0.05, 0) is 23.4 Å². The van der Waals surface area contributed by atoms with E-state index in [2.05, 4.69) is 24.9 Å². The minimum atomic E-state index is -2.51. The van der Waals surface area contributed by atoms with Gasteiger partial charge in [-0.1, -0.05) is 30.0 Å². The van der Waals surface area contributed by atoms with Crippen LogP contribution in [0, 0.1) is 0 Å². The molecule has 2 rings (SSSR count). The molecule has 14 heteroatoms. The Morgan fingerprint density at radius 3 is 2.24 bits per heavy atom. The number of nitrogens with zero attached hydrogens (tertiary/aromatic N) is 5. The van der Waals surface area contributed by atoms with Gasteiger partial charge in [0.25, 0.3) is 0 Å². The third-order valence-corrected chi connectivity index (χ3v) is 2.76. The zero-order chi connectivity index (χ0) is 19.0. The summed E-state index contributed by atoms with van der Waals surface area (Å²) < 4.78 is 33.1. The number of benzene rings is 1. The Bertz CT molecular complexity index is 707. The van der Waals surface area contributed by atoms with Crippen LogP contribution in [0.1, 0.15) is 0 Å². The smallest absolute Gasteiger partial charge is 0.278 e. The van der Waals surface area contributed by atoms with E-state index in [1.807, 2.05) is 37.7 Å². The van der Waals surface area contributed by atoms with Crippen molar-refractivity contribution in [2.45, 2.75) is 0 Å². The molecule has 0 radical (unpaired) electrons. The predicted octanol–water partition coefficient (Wildman–Crippen LogP) is 1.38. The molecule has 138 valence electrons. The van der Waals surface area contributed by atoms with Crippen LogP contribution in [0.5, 0.6) is 0 Å². The van der Waals surface area contributed by atoms with Gasteiger partial charge in [-0.3, -0.25) is 4.84 Å². The quantitative estimate of drug-likeness (QED) is 0.341. The third kappa shape index (κ3) is 6.05. The number of hydrogen-bond donors (Lipinski definition) is 0. The lowest BCUT2D eigenvalue weighted by Gasteiger charge is -2.10. The molecule has 0 saturated heterocycles. The normalized spacial score (nSPS) is 10.1. The molecule has 25 heavy (non-hydrogen) atoms. The Labute approximate surface area is 145 Å². The van der Waals surface area contributed by atoms with E-state index in [1.165, 1.54) is 4.85 Å². The van der Waals surface area contributed by atoms with Crippen LogP contribution in [-0.4, -0.2) is 66.2 Å². The summed E-state index contributed by atoms with van der Waals surface area (Å²) in [6.07, 6.45) is 0. The molecule has 0 atom stereocenters. The molecule has 1 aromatic carbocycles. The van der Waals surface area contributed by atoms with Gasteiger partial charge < -0.3 is 0 Å². The maximum Gasteiger partial charge on any atom is 0.737 e. The van der Waals surface area contributed by atoms with Crippen LogP contribution in [0.15, 0.2) is 18.2 Å². The van der Waals surface area contributed by atoms with Crippen molar-refractivity contribution in [2.24, 2.45) is 0 Å². The summed E-state index contributed by atoms with van der Waals surface area (Å²) in [6.45, 7) is 0. The molecular weight excluding hydrogens is 369 g/mol. The Morgan fingerprint density at radius 1 is 1.20 bits per heavy atom. The van der Waals surface area contributed by atoms with Gasteiger partial charge in [0.1, 0.15) is 11.0 Å². The number of halogens is 4. The number of rotatable bonds is 4. The van der Waals surface area contributed by atoms with Crippen molar-refractivity contribution >= 4 is 36.0 Å². The van der Waals surface area contributed by atoms with Crippen LogP contribution < -0.4 is 4.84 Å². The van der Waals surface area contributed by atoms with Gasteiger partial charge in [-0.25, -0.2) is 9.48 Å². The van der Waals surface area contributed by atoms with Gasteiger partial charge in [0.05, 0.1) is 28.2 Å². The summed E-state index contributed by atoms with van der Waals surface area (Å²) in [5, 5.41) is 8.58. The van der Waals surface area contributed by atoms with E-state index >= 15 is 0 Å². The van der Waals surface area contributed by atoms with Crippen LogP contribution >= 0.6 is 11.6 Å². The van der Waals surface area contributed by atoms with Crippen LogP contribution in [0.25, 0.3) is 11.0 Å². The first-order chi connectivity index (χ1) is 11.8. The molecular formula is C11H15BClF3N5O4+. The summed E-state index contributed by atoms with van der Waals surface area (Å²) in [7, 11) is 5.05. The first-order valence-corrected chi connectivity index (χ1v) is 6.94. The lowest BCUT2D eigenvalue weighted by molar-refractivity contribution is -0.480. The van der Waals surface area contributed by atoms with Gasteiger partial charge in [-0.2, -0.15) is 14.6 Å². The lowest BCUT2D eigenvalue weighted by Crippen LogP contribution is -2.39. The Hall–Kier alpha value is -2.09. The van der Waals surface area contributed by atoms with Crippen molar-refractivity contribution in [3.63, 3.8) is 0 Å². The fraction of sp³-hybridized carbons (Fsp3) is 0.364. The number of amidine groups is 1. The Morgan fingerprint density at radius 2 is 1.80 bits per heavy atom. The molecule has 0 spiro atoms. The minimum Gasteiger partial charge on any atom is -0.278 e. The Kier molecular flexibility index (Phi) is 8.41. The molecule has 9 nitrogen and oxygen atoms in total. The molecule has 0 aliphatic carbocycles. The number of aromatic nitrogens is 3. The van der Waals surface area contributed by atoms with Crippen LogP contribution in [0.4, 0.5) is 13.6 Å². The summed E-state index contributed by atoms with van der Waals surface area (Å²) in [5.41, 5.74) is 1.46. The molecule has 0 fully saturated rings. The first kappa shape index (κ1) is 21.0. The van der Waals surface area contributed by atoms with E-state index in [0.717, 1.165) is 11.0 Å². The van der Waals surface area contributed by atoms with Crippen LogP contribution in [0.3, 0.4) is 0 Å². The molecule has 0 aliphatic rings. The highest BCUT2D eigenvalue weighted by molar-refractivity contribution is 6.35. The van der Waals surface area contributed by atoms with Crippen molar-refractivity contribution in [1.82, 2.24) is 20.1 Å². The molecule has 0 bridgehead atoms. The zero-order valence-corrected chi connectivity index (χ0v) is 14.4. The van der Waals surface area contributed by atoms with Crippen molar-refractivity contribution < 1.29 is 37.6 Å². The molecule has 0 amide bonds. The molecule has 2 aromatic rings. The van der Waals surface area contributed by atoms with Gasteiger partial charge in [0.15, 0.2) is 0 Å². The largest absolute Gasteiger partial charge is 0.737 e. The fourth-order valence-corrected chi connectivity index (χ4v) is 1.79. The molecule has 0 unspecified atom stereocenters. The van der Waals surface area contributed by atoms with Gasteiger partial charge in [-0.15, -0.1) is 5.10 Å². The van der Waals surface area contributed by atoms with Gasteiger partial charge in [0.2, 0.25) is 0 Å². The topological polar surface area (TPSA) is 73.9 Å². The van der Waals surface area contributed by atoms with E-state index in [1.54, 1.807) is 18.2 Å². The molecule has 0 saturated carbocycles. The lowest BCUT2D eigenvalue weighted by atomic mass is 10.3. The van der Waals surface area contributed by atoms with E-state index in [9.17, 15) is 13.6 Å². The summed E-state index contributed by atoms with van der Waals surface area (Å²) in [4.78, 5) is 16.0. The zero-order valence-electron chi connectivity index (χ0n) is 13.7. The maximum absolute atomic E-state index is 10.4. The highest BCUT2D eigenvalue weighted by Crippen LogP contribution is 2.16. The molecule has 1 aromatic heterocycles. The predicted molar refractivity (Wildman–Crippen MR) is 82.3 cm³/mol. The number of fused-ring (bicyclic) bond motifs is 1. The van der Waals surface area contributed by atoms with E-state index in [-0.39, 0.29) is 0 Å². The van der Waals surface area contributed by atoms with Crippen molar-refractivity contribution in [2.75, 3.05) is 28.2 Å². The van der Waals surface area contributed by atoms with Crippen LogP contribution in [0.2, 0.25) is 5.02 Å². The minimum absolute atomic E-state index is 0.617. The number of hydrogen-bond acceptors (Lipinski definition) is 6. The van der Waals surface area contributed by atoms with Crippen LogP contribution in [-0.2, 0) is 14.6 Å². The average Bonchev–Trinajstić information content (AvgIpc) is 2.96. The third-order valence-electron chi connectivity index (χ3n) is 2.53. The van der Waals surface area contributed by atoms with Crippen molar-refractivity contribution in [1.29, 1.82) is 0 Å². The van der Waals surface area contributed by atoms with E-state index < -0.39 is 7.32 Å². The monoisotopic (exact) mass is 384 g/mol. The second-order valence-electron chi connectivity index (χ2n) is 4.81. The molecule has 0 aliphatic heterocycles. The Balaban J connectivity index is 0.000000381. The highest BCUT2D eigenvalue weighted by atomic mass is 35.5. The van der Waals surface area contributed by atoms with Crippen molar-refractivity contribution in [3.05, 3.63) is 23.2 Å². The fourth-order valence-electron chi connectivity index (χ4n) is 1.62. The molecule has 0 N–H and O–H groups in total. The van der Waals surface area contributed by atoms with E-state index in [4.69, 9.17) is 16.4 Å². The standard InChI is InChI=1S/C11H15ClN5O.BF3O3/c1-15(2)11(16(3)4)18-17-10-7-8(12)5-6-9(10)13-14-17;2-5-1(6-3)7-4/h5-7H,1-4H3;/q+1;. The first-order valence-electron chi connectivity index (χ1n) is 6.57. The van der Waals surface area contributed by atoms with Gasteiger partial charge in [0, 0.05) is 5.02 Å². The highest BCUT2D eigenvalue weighted by Gasteiger charge is 2.25. The van der Waals surface area contributed by atoms with Gasteiger partial charge >= 0.3 is 13.3 Å². The second kappa shape index (κ2) is 10.0. The maximum atomic E-state index is 10.4. The second-order valence-corrected chi connectivity index (χ2v) is 5.25. The van der Waals surface area contributed by atoms with E-state index in [0.29, 0.717) is 11.0 Å². The summed E-state index contributed by atoms with van der Waals surface area (Å²) >= 11 is 5.96. The SMILES string of the molecule is CN(C)C(On1nnc2ccc(Cl)cc21)=[N+](C)C.FOB(OF)OF. The average molecular weight is 385 g/mol. The molecule has 1 heterocycles.